The van der Waals surface area contributed by atoms with E-state index in [0.29, 0.717) is 18.0 Å². The van der Waals surface area contributed by atoms with E-state index in [1.807, 2.05) is 0 Å². The first kappa shape index (κ1) is 14.2. The predicted octanol–water partition coefficient (Wildman–Crippen LogP) is 1.13. The van der Waals surface area contributed by atoms with Gasteiger partial charge < -0.3 is 10.4 Å². The molecule has 1 aromatic heterocycles. The highest BCUT2D eigenvalue weighted by Crippen LogP contribution is 2.01. The molecule has 0 saturated heterocycles. The van der Waals surface area contributed by atoms with Gasteiger partial charge in [-0.05, 0) is 12.3 Å². The highest BCUT2D eigenvalue weighted by atomic mass is 16.4. The van der Waals surface area contributed by atoms with E-state index < -0.39 is 5.97 Å². The van der Waals surface area contributed by atoms with E-state index in [2.05, 4.69) is 24.3 Å². The third-order valence-electron chi connectivity index (χ3n) is 2.46. The molecular formula is C12H19N3O3. The fourth-order valence-electron chi connectivity index (χ4n) is 1.39. The monoisotopic (exact) mass is 253 g/mol. The third-order valence-corrected chi connectivity index (χ3v) is 2.46. The minimum Gasteiger partial charge on any atom is -0.481 e. The largest absolute Gasteiger partial charge is 0.481 e. The molecule has 0 unspecified atom stereocenters. The number of carboxylic acid groups (broad SMARTS) is 1. The Hall–Kier alpha value is -1.85. The lowest BCUT2D eigenvalue weighted by Crippen LogP contribution is -2.24. The number of nitrogens with zero attached hydrogens (tertiary/aromatic N) is 2. The predicted molar refractivity (Wildman–Crippen MR) is 66.3 cm³/mol. The van der Waals surface area contributed by atoms with Crippen molar-refractivity contribution in [1.82, 2.24) is 15.1 Å². The van der Waals surface area contributed by atoms with Gasteiger partial charge in [0, 0.05) is 12.7 Å². The second kappa shape index (κ2) is 6.78. The van der Waals surface area contributed by atoms with Crippen molar-refractivity contribution in [3.63, 3.8) is 0 Å². The van der Waals surface area contributed by atoms with Gasteiger partial charge in [-0.2, -0.15) is 5.10 Å². The van der Waals surface area contributed by atoms with Crippen LogP contribution in [0.25, 0.3) is 0 Å². The SMILES string of the molecule is CC(C)CCNC(=O)c1cnn(CCC(=O)O)c1. The van der Waals surface area contributed by atoms with Gasteiger partial charge in [0.15, 0.2) is 0 Å². The number of hydrogen-bond acceptors (Lipinski definition) is 3. The third kappa shape index (κ3) is 4.99. The molecule has 0 aliphatic rings. The van der Waals surface area contributed by atoms with Gasteiger partial charge in [0.05, 0.1) is 24.7 Å². The minimum absolute atomic E-state index is 0.00388. The van der Waals surface area contributed by atoms with Gasteiger partial charge in [0.2, 0.25) is 0 Å². The van der Waals surface area contributed by atoms with E-state index in [0.717, 1.165) is 6.42 Å². The van der Waals surface area contributed by atoms with Crippen LogP contribution in [0.5, 0.6) is 0 Å². The summed E-state index contributed by atoms with van der Waals surface area (Å²) >= 11 is 0. The standard InChI is InChI=1S/C12H19N3O3/c1-9(2)3-5-13-12(18)10-7-14-15(8-10)6-4-11(16)17/h7-9H,3-6H2,1-2H3,(H,13,18)(H,16,17). The molecule has 6 heteroatoms. The summed E-state index contributed by atoms with van der Waals surface area (Å²) in [5, 5.41) is 15.3. The maximum Gasteiger partial charge on any atom is 0.305 e. The summed E-state index contributed by atoms with van der Waals surface area (Å²) in [7, 11) is 0. The molecule has 6 nitrogen and oxygen atoms in total. The molecule has 0 aromatic carbocycles. The number of aliphatic carboxylic acids is 1. The molecule has 0 saturated carbocycles. The molecule has 0 aliphatic heterocycles. The molecule has 0 aliphatic carbocycles. The van der Waals surface area contributed by atoms with Crippen LogP contribution in [0.1, 0.15) is 37.0 Å². The Morgan fingerprint density at radius 2 is 2.22 bits per heavy atom. The molecule has 0 fully saturated rings. The first-order valence-electron chi connectivity index (χ1n) is 6.01. The number of carbonyl (C=O) groups is 2. The Bertz CT molecular complexity index is 412. The van der Waals surface area contributed by atoms with Crippen molar-refractivity contribution in [2.45, 2.75) is 33.2 Å². The van der Waals surface area contributed by atoms with Crippen LogP contribution in [0.2, 0.25) is 0 Å². The lowest BCUT2D eigenvalue weighted by molar-refractivity contribution is -0.137. The van der Waals surface area contributed by atoms with Crippen molar-refractivity contribution in [2.75, 3.05) is 6.54 Å². The zero-order valence-electron chi connectivity index (χ0n) is 10.7. The van der Waals surface area contributed by atoms with Crippen LogP contribution >= 0.6 is 0 Å². The van der Waals surface area contributed by atoms with Crippen molar-refractivity contribution in [3.8, 4) is 0 Å². The van der Waals surface area contributed by atoms with Crippen LogP contribution in [0.15, 0.2) is 12.4 Å². The van der Waals surface area contributed by atoms with Crippen molar-refractivity contribution in [3.05, 3.63) is 18.0 Å². The Kier molecular flexibility index (Phi) is 5.35. The van der Waals surface area contributed by atoms with Gasteiger partial charge in [0.1, 0.15) is 0 Å². The van der Waals surface area contributed by atoms with Crippen LogP contribution < -0.4 is 5.32 Å². The molecule has 1 heterocycles. The van der Waals surface area contributed by atoms with Gasteiger partial charge in [-0.1, -0.05) is 13.8 Å². The molecule has 2 N–H and O–H groups in total. The van der Waals surface area contributed by atoms with Crippen molar-refractivity contribution >= 4 is 11.9 Å². The summed E-state index contributed by atoms with van der Waals surface area (Å²) in [5.74, 6) is -0.505. The summed E-state index contributed by atoms with van der Waals surface area (Å²) in [6, 6.07) is 0. The molecule has 1 rings (SSSR count). The number of nitrogens with one attached hydrogen (secondary N) is 1. The van der Waals surface area contributed by atoms with E-state index >= 15 is 0 Å². The van der Waals surface area contributed by atoms with Crippen LogP contribution in [-0.4, -0.2) is 33.3 Å². The molecular weight excluding hydrogens is 234 g/mol. The zero-order valence-corrected chi connectivity index (χ0v) is 10.7. The molecule has 0 atom stereocenters. The lowest BCUT2D eigenvalue weighted by Gasteiger charge is -2.05. The first-order valence-corrected chi connectivity index (χ1v) is 6.01. The van der Waals surface area contributed by atoms with Crippen LogP contribution in [0.4, 0.5) is 0 Å². The van der Waals surface area contributed by atoms with E-state index in [-0.39, 0.29) is 18.9 Å². The molecule has 0 bridgehead atoms. The van der Waals surface area contributed by atoms with Crippen LogP contribution in [0.3, 0.4) is 0 Å². The average molecular weight is 253 g/mol. The first-order chi connectivity index (χ1) is 8.49. The maximum absolute atomic E-state index is 11.7. The highest BCUT2D eigenvalue weighted by molar-refractivity contribution is 5.93. The number of aryl methyl sites for hydroxylation is 1. The second-order valence-corrected chi connectivity index (χ2v) is 4.57. The lowest BCUT2D eigenvalue weighted by atomic mass is 10.1. The Balaban J connectivity index is 2.41. The fourth-order valence-corrected chi connectivity index (χ4v) is 1.39. The molecule has 18 heavy (non-hydrogen) atoms. The van der Waals surface area contributed by atoms with Crippen LogP contribution in [-0.2, 0) is 11.3 Å². The minimum atomic E-state index is -0.881. The van der Waals surface area contributed by atoms with E-state index in [1.54, 1.807) is 6.20 Å². The van der Waals surface area contributed by atoms with E-state index in [1.165, 1.54) is 10.9 Å². The number of rotatable bonds is 7. The van der Waals surface area contributed by atoms with Gasteiger partial charge in [-0.3, -0.25) is 14.3 Å². The average Bonchev–Trinajstić information content (AvgIpc) is 2.74. The quantitative estimate of drug-likeness (QED) is 0.763. The summed E-state index contributed by atoms with van der Waals surface area (Å²) in [5.41, 5.74) is 0.462. The Labute approximate surface area is 106 Å². The van der Waals surface area contributed by atoms with Gasteiger partial charge >= 0.3 is 5.97 Å². The van der Waals surface area contributed by atoms with Gasteiger partial charge in [-0.15, -0.1) is 0 Å². The topological polar surface area (TPSA) is 84.2 Å². The van der Waals surface area contributed by atoms with E-state index in [9.17, 15) is 9.59 Å². The summed E-state index contributed by atoms with van der Waals surface area (Å²) < 4.78 is 1.46. The zero-order chi connectivity index (χ0) is 13.5. The van der Waals surface area contributed by atoms with E-state index in [4.69, 9.17) is 5.11 Å². The second-order valence-electron chi connectivity index (χ2n) is 4.57. The highest BCUT2D eigenvalue weighted by Gasteiger charge is 2.08. The van der Waals surface area contributed by atoms with Crippen LogP contribution in [0, 0.1) is 5.92 Å². The van der Waals surface area contributed by atoms with Crippen molar-refractivity contribution < 1.29 is 14.7 Å². The summed E-state index contributed by atoms with van der Waals surface area (Å²) in [6.45, 7) is 5.09. The summed E-state index contributed by atoms with van der Waals surface area (Å²) in [4.78, 5) is 22.1. The van der Waals surface area contributed by atoms with Gasteiger partial charge in [0.25, 0.3) is 5.91 Å². The number of hydrogen-bond donors (Lipinski definition) is 2. The molecule has 0 spiro atoms. The van der Waals surface area contributed by atoms with Gasteiger partial charge in [-0.25, -0.2) is 0 Å². The number of aromatic nitrogens is 2. The molecule has 0 radical (unpaired) electrons. The number of carboxylic acids is 1. The van der Waals surface area contributed by atoms with Crippen molar-refractivity contribution in [1.29, 1.82) is 0 Å². The molecule has 1 aromatic rings. The normalized spacial score (nSPS) is 10.6. The fraction of sp³-hybridized carbons (Fsp3) is 0.583. The number of amides is 1. The van der Waals surface area contributed by atoms with Crippen molar-refractivity contribution in [2.24, 2.45) is 5.92 Å². The Morgan fingerprint density at radius 3 is 2.83 bits per heavy atom. The molecule has 100 valence electrons. The number of carbonyl (C=O) groups excluding carboxylic acids is 1. The summed E-state index contributed by atoms with van der Waals surface area (Å²) in [6.07, 6.45) is 3.94. The smallest absolute Gasteiger partial charge is 0.305 e. The molecule has 1 amide bonds. The maximum atomic E-state index is 11.7. The Morgan fingerprint density at radius 1 is 1.50 bits per heavy atom.